The van der Waals surface area contributed by atoms with Crippen LogP contribution in [0.25, 0.3) is 10.9 Å². The summed E-state index contributed by atoms with van der Waals surface area (Å²) in [5.41, 5.74) is 2.30. The number of nitriles is 1. The highest BCUT2D eigenvalue weighted by Crippen LogP contribution is 2.24. The number of hydrogen-bond donors (Lipinski definition) is 0. The first-order chi connectivity index (χ1) is 14.4. The summed E-state index contributed by atoms with van der Waals surface area (Å²) in [6, 6.07) is 18.1. The summed E-state index contributed by atoms with van der Waals surface area (Å²) in [7, 11) is 0. The molecule has 6 heteroatoms. The average molecular weight is 421 g/mol. The summed E-state index contributed by atoms with van der Waals surface area (Å²) in [6.45, 7) is 10.1. The zero-order valence-electron chi connectivity index (χ0n) is 18.0. The van der Waals surface area contributed by atoms with E-state index in [9.17, 15) is 10.1 Å². The maximum atomic E-state index is 13.3. The Hall–Kier alpha value is -2.62. The third-order valence-electron chi connectivity index (χ3n) is 5.23. The van der Waals surface area contributed by atoms with Crippen LogP contribution in [0.4, 0.5) is 0 Å². The molecule has 0 fully saturated rings. The van der Waals surface area contributed by atoms with E-state index in [1.165, 1.54) is 11.8 Å². The zero-order chi connectivity index (χ0) is 21.7. The van der Waals surface area contributed by atoms with Gasteiger partial charge >= 0.3 is 0 Å². The Morgan fingerprint density at radius 1 is 1.07 bits per heavy atom. The molecular formula is C24H28N4OS. The average Bonchev–Trinajstić information content (AvgIpc) is 2.73. The van der Waals surface area contributed by atoms with Crippen molar-refractivity contribution >= 4 is 22.7 Å². The minimum absolute atomic E-state index is 0.0101. The topological polar surface area (TPSA) is 61.9 Å². The maximum absolute atomic E-state index is 13.3. The number of fused-ring (bicyclic) bond motifs is 1. The van der Waals surface area contributed by atoms with Crippen molar-refractivity contribution in [1.82, 2.24) is 14.5 Å². The van der Waals surface area contributed by atoms with Gasteiger partial charge in [-0.1, -0.05) is 42.1 Å². The molecule has 0 aliphatic rings. The van der Waals surface area contributed by atoms with E-state index in [1.807, 2.05) is 48.5 Å². The molecule has 0 bridgehead atoms. The summed E-state index contributed by atoms with van der Waals surface area (Å²) in [6.07, 6.45) is 0. The molecule has 0 aliphatic heterocycles. The molecular weight excluding hydrogens is 392 g/mol. The van der Waals surface area contributed by atoms with Crippen LogP contribution in [0.5, 0.6) is 0 Å². The number of aromatic nitrogens is 2. The smallest absolute Gasteiger partial charge is 0.262 e. The first-order valence-electron chi connectivity index (χ1n) is 10.3. The molecule has 1 heterocycles. The first kappa shape index (κ1) is 22.1. The van der Waals surface area contributed by atoms with Gasteiger partial charge in [0.15, 0.2) is 5.16 Å². The van der Waals surface area contributed by atoms with Crippen LogP contribution in [-0.2, 0) is 12.3 Å². The number of thioether (sulfide) groups is 1. The van der Waals surface area contributed by atoms with Crippen LogP contribution >= 0.6 is 11.8 Å². The molecule has 0 saturated carbocycles. The van der Waals surface area contributed by atoms with Crippen molar-refractivity contribution in [2.75, 3.05) is 6.54 Å². The third kappa shape index (κ3) is 4.92. The van der Waals surface area contributed by atoms with Gasteiger partial charge in [0.1, 0.15) is 0 Å². The molecule has 1 aromatic heterocycles. The quantitative estimate of drug-likeness (QED) is 0.391. The number of para-hydroxylation sites is 1. The van der Waals surface area contributed by atoms with Crippen LogP contribution in [0.3, 0.4) is 0 Å². The Labute approximate surface area is 182 Å². The monoisotopic (exact) mass is 420 g/mol. The third-order valence-corrected chi connectivity index (χ3v) is 6.25. The van der Waals surface area contributed by atoms with Gasteiger partial charge in [0.05, 0.1) is 22.5 Å². The Kier molecular flexibility index (Phi) is 7.30. The molecule has 156 valence electrons. The fourth-order valence-electron chi connectivity index (χ4n) is 3.68. The number of nitrogens with zero attached hydrogens (tertiary/aromatic N) is 4. The fraction of sp³-hybridized carbons (Fsp3) is 0.375. The molecule has 3 rings (SSSR count). The van der Waals surface area contributed by atoms with Crippen molar-refractivity contribution in [2.24, 2.45) is 0 Å². The Morgan fingerprint density at radius 2 is 1.73 bits per heavy atom. The van der Waals surface area contributed by atoms with Crippen molar-refractivity contribution in [3.63, 3.8) is 0 Å². The highest BCUT2D eigenvalue weighted by Gasteiger charge is 2.17. The molecule has 0 atom stereocenters. The van der Waals surface area contributed by atoms with Crippen LogP contribution in [0, 0.1) is 11.3 Å². The molecule has 0 spiro atoms. The van der Waals surface area contributed by atoms with Gasteiger partial charge in [-0.05, 0) is 51.5 Å². The molecule has 0 radical (unpaired) electrons. The summed E-state index contributed by atoms with van der Waals surface area (Å²) < 4.78 is 1.79. The summed E-state index contributed by atoms with van der Waals surface area (Å²) in [5.74, 6) is 0.590. The highest BCUT2D eigenvalue weighted by molar-refractivity contribution is 7.98. The number of benzene rings is 2. The van der Waals surface area contributed by atoms with E-state index in [2.05, 4.69) is 38.7 Å². The van der Waals surface area contributed by atoms with Gasteiger partial charge in [0.2, 0.25) is 0 Å². The van der Waals surface area contributed by atoms with Gasteiger partial charge in [0, 0.05) is 30.9 Å². The molecule has 5 nitrogen and oxygen atoms in total. The van der Waals surface area contributed by atoms with Gasteiger partial charge in [0.25, 0.3) is 5.56 Å². The second kappa shape index (κ2) is 9.92. The lowest BCUT2D eigenvalue weighted by Gasteiger charge is -2.30. The summed E-state index contributed by atoms with van der Waals surface area (Å²) >= 11 is 1.51. The van der Waals surface area contributed by atoms with Crippen LogP contribution in [0.15, 0.2) is 58.5 Å². The highest BCUT2D eigenvalue weighted by atomic mass is 32.2. The van der Waals surface area contributed by atoms with Crippen LogP contribution in [0.2, 0.25) is 0 Å². The van der Waals surface area contributed by atoms with E-state index in [0.717, 1.165) is 12.1 Å². The molecule has 0 amide bonds. The lowest BCUT2D eigenvalue weighted by atomic mass is 10.1. The van der Waals surface area contributed by atoms with Crippen molar-refractivity contribution in [3.05, 3.63) is 70.0 Å². The lowest BCUT2D eigenvalue weighted by molar-refractivity contribution is 0.166. The molecule has 30 heavy (non-hydrogen) atoms. The molecule has 0 saturated heterocycles. The predicted octanol–water partition coefficient (Wildman–Crippen LogP) is 4.68. The molecule has 0 aliphatic carbocycles. The molecule has 3 aromatic rings. The zero-order valence-corrected chi connectivity index (χ0v) is 18.8. The van der Waals surface area contributed by atoms with Crippen LogP contribution in [-0.4, -0.2) is 33.1 Å². The van der Waals surface area contributed by atoms with E-state index >= 15 is 0 Å². The second-order valence-electron chi connectivity index (χ2n) is 7.85. The summed E-state index contributed by atoms with van der Waals surface area (Å²) in [5, 5.41) is 10.7. The number of rotatable bonds is 8. The fourth-order valence-corrected chi connectivity index (χ4v) is 4.71. The Bertz CT molecular complexity index is 1110. The Morgan fingerprint density at radius 3 is 2.43 bits per heavy atom. The standard InChI is InChI=1S/C24H28N4OS/c1-17(2)27(18(3)4)13-14-28-23(29)21-11-7-8-12-22(21)26-24(28)30-16-20-10-6-5-9-19(20)15-25/h5-12,17-18H,13-14,16H2,1-4H3. The van der Waals surface area contributed by atoms with Gasteiger partial charge in [-0.15, -0.1) is 0 Å². The molecule has 0 unspecified atom stereocenters. The van der Waals surface area contributed by atoms with E-state index in [-0.39, 0.29) is 5.56 Å². The van der Waals surface area contributed by atoms with Gasteiger partial charge in [-0.3, -0.25) is 14.3 Å². The van der Waals surface area contributed by atoms with E-state index in [1.54, 1.807) is 4.57 Å². The Balaban J connectivity index is 1.96. The van der Waals surface area contributed by atoms with E-state index in [4.69, 9.17) is 4.98 Å². The van der Waals surface area contributed by atoms with Gasteiger partial charge in [-0.2, -0.15) is 5.26 Å². The molecule has 2 aromatic carbocycles. The minimum Gasteiger partial charge on any atom is -0.297 e. The largest absolute Gasteiger partial charge is 0.297 e. The van der Waals surface area contributed by atoms with Crippen LogP contribution < -0.4 is 5.56 Å². The summed E-state index contributed by atoms with van der Waals surface area (Å²) in [4.78, 5) is 20.4. The van der Waals surface area contributed by atoms with E-state index < -0.39 is 0 Å². The van der Waals surface area contributed by atoms with Crippen molar-refractivity contribution in [2.45, 2.75) is 57.2 Å². The van der Waals surface area contributed by atoms with Gasteiger partial charge in [-0.25, -0.2) is 4.98 Å². The van der Waals surface area contributed by atoms with E-state index in [0.29, 0.717) is 46.0 Å². The minimum atomic E-state index is -0.0101. The van der Waals surface area contributed by atoms with Crippen molar-refractivity contribution in [3.8, 4) is 6.07 Å². The van der Waals surface area contributed by atoms with Gasteiger partial charge < -0.3 is 0 Å². The first-order valence-corrected chi connectivity index (χ1v) is 11.3. The second-order valence-corrected chi connectivity index (χ2v) is 8.79. The van der Waals surface area contributed by atoms with Crippen LogP contribution in [0.1, 0.15) is 38.8 Å². The molecule has 0 N–H and O–H groups in total. The normalized spacial score (nSPS) is 11.5. The maximum Gasteiger partial charge on any atom is 0.262 e. The predicted molar refractivity (Wildman–Crippen MR) is 124 cm³/mol. The van der Waals surface area contributed by atoms with Crippen molar-refractivity contribution < 1.29 is 0 Å². The SMILES string of the molecule is CC(C)N(CCn1c(SCc2ccccc2C#N)nc2ccccc2c1=O)C(C)C. The number of hydrogen-bond acceptors (Lipinski definition) is 5. The lowest BCUT2D eigenvalue weighted by Crippen LogP contribution is -2.40. The van der Waals surface area contributed by atoms with Crippen molar-refractivity contribution in [1.29, 1.82) is 5.26 Å².